The van der Waals surface area contributed by atoms with Crippen LogP contribution in [0.2, 0.25) is 0 Å². The van der Waals surface area contributed by atoms with Crippen molar-refractivity contribution in [1.82, 2.24) is 0 Å². The summed E-state index contributed by atoms with van der Waals surface area (Å²) in [5, 5.41) is 10.1. The van der Waals surface area contributed by atoms with E-state index in [-0.39, 0.29) is 5.92 Å². The Hall–Kier alpha value is -0.160. The highest BCUT2D eigenvalue weighted by atomic mass is 16.7. The molecule has 90 valence electrons. The fourth-order valence-corrected chi connectivity index (χ4v) is 1.85. The minimum absolute atomic E-state index is 0.238. The van der Waals surface area contributed by atoms with E-state index in [1.807, 2.05) is 13.8 Å². The van der Waals surface area contributed by atoms with Crippen molar-refractivity contribution < 1.29 is 19.3 Å². The van der Waals surface area contributed by atoms with Gasteiger partial charge >= 0.3 is 0 Å². The maximum Gasteiger partial charge on any atom is 0.183 e. The van der Waals surface area contributed by atoms with Gasteiger partial charge in [-0.25, -0.2) is 0 Å². The average molecular weight is 218 g/mol. The molecule has 4 nitrogen and oxygen atoms in total. The van der Waals surface area contributed by atoms with E-state index in [1.54, 1.807) is 0 Å². The predicted octanol–water partition coefficient (Wildman–Crippen LogP) is 1.17. The molecule has 0 aromatic heterocycles. The monoisotopic (exact) mass is 218 g/mol. The van der Waals surface area contributed by atoms with E-state index in [0.29, 0.717) is 13.2 Å². The van der Waals surface area contributed by atoms with Gasteiger partial charge in [-0.1, -0.05) is 0 Å². The highest BCUT2D eigenvalue weighted by Gasteiger charge is 2.29. The largest absolute Gasteiger partial charge is 0.388 e. The van der Waals surface area contributed by atoms with Gasteiger partial charge in [-0.05, 0) is 32.6 Å². The van der Waals surface area contributed by atoms with E-state index in [1.165, 1.54) is 0 Å². The van der Waals surface area contributed by atoms with Gasteiger partial charge in [-0.15, -0.1) is 0 Å². The highest BCUT2D eigenvalue weighted by Crippen LogP contribution is 2.22. The molecular formula is C11H22O4. The van der Waals surface area contributed by atoms with Gasteiger partial charge in [0.1, 0.15) is 6.10 Å². The molecule has 0 spiro atoms. The Morgan fingerprint density at radius 2 is 1.73 bits per heavy atom. The third-order valence-corrected chi connectivity index (χ3v) is 2.69. The van der Waals surface area contributed by atoms with Crippen LogP contribution >= 0.6 is 0 Å². The van der Waals surface area contributed by atoms with Crippen LogP contribution in [0.1, 0.15) is 26.7 Å². The van der Waals surface area contributed by atoms with Crippen LogP contribution in [-0.2, 0) is 14.2 Å². The normalized spacial score (nSPS) is 20.8. The quantitative estimate of drug-likeness (QED) is 0.680. The molecule has 0 aliphatic carbocycles. The Kier molecular flexibility index (Phi) is 6.17. The van der Waals surface area contributed by atoms with Crippen LogP contribution in [0, 0.1) is 5.92 Å². The number of hydrogen-bond donors (Lipinski definition) is 1. The maximum atomic E-state index is 10.1. The summed E-state index contributed by atoms with van der Waals surface area (Å²) >= 11 is 0. The summed E-state index contributed by atoms with van der Waals surface area (Å²) in [6, 6.07) is 0. The summed E-state index contributed by atoms with van der Waals surface area (Å²) in [4.78, 5) is 0. The van der Waals surface area contributed by atoms with Gasteiger partial charge in [0, 0.05) is 26.4 Å². The Morgan fingerprint density at radius 3 is 2.20 bits per heavy atom. The summed E-state index contributed by atoms with van der Waals surface area (Å²) < 4.78 is 16.0. The van der Waals surface area contributed by atoms with Crippen LogP contribution < -0.4 is 0 Å². The van der Waals surface area contributed by atoms with E-state index >= 15 is 0 Å². The van der Waals surface area contributed by atoms with Crippen molar-refractivity contribution in [3.8, 4) is 0 Å². The number of hydrogen-bond acceptors (Lipinski definition) is 4. The number of aliphatic hydroxyl groups excluding tert-OH is 1. The van der Waals surface area contributed by atoms with Gasteiger partial charge in [0.05, 0.1) is 0 Å². The van der Waals surface area contributed by atoms with Gasteiger partial charge in [0.25, 0.3) is 0 Å². The molecule has 4 heteroatoms. The van der Waals surface area contributed by atoms with Crippen molar-refractivity contribution in [2.75, 3.05) is 26.4 Å². The zero-order valence-corrected chi connectivity index (χ0v) is 9.65. The molecule has 0 aromatic carbocycles. The van der Waals surface area contributed by atoms with Gasteiger partial charge in [0.2, 0.25) is 0 Å². The summed E-state index contributed by atoms with van der Waals surface area (Å²) in [7, 11) is 0. The lowest BCUT2D eigenvalue weighted by Gasteiger charge is -2.31. The number of ether oxygens (including phenoxy) is 3. The van der Waals surface area contributed by atoms with E-state index in [9.17, 15) is 5.11 Å². The molecule has 0 radical (unpaired) electrons. The average Bonchev–Trinajstić information content (AvgIpc) is 2.29. The molecule has 1 atom stereocenters. The molecule has 1 rings (SSSR count). The first-order valence-electron chi connectivity index (χ1n) is 5.78. The molecule has 1 heterocycles. The van der Waals surface area contributed by atoms with Crippen LogP contribution in [-0.4, -0.2) is 43.9 Å². The van der Waals surface area contributed by atoms with Crippen LogP contribution in [0.25, 0.3) is 0 Å². The van der Waals surface area contributed by atoms with E-state index in [2.05, 4.69) is 0 Å². The van der Waals surface area contributed by atoms with Crippen molar-refractivity contribution in [3.63, 3.8) is 0 Å². The summed E-state index contributed by atoms with van der Waals surface area (Å²) in [5.41, 5.74) is 0. The highest BCUT2D eigenvalue weighted by molar-refractivity contribution is 4.74. The van der Waals surface area contributed by atoms with Crippen molar-refractivity contribution in [2.24, 2.45) is 5.92 Å². The third kappa shape index (κ3) is 4.07. The minimum Gasteiger partial charge on any atom is -0.388 e. The van der Waals surface area contributed by atoms with Crippen molar-refractivity contribution >= 4 is 0 Å². The second kappa shape index (κ2) is 7.17. The van der Waals surface area contributed by atoms with Crippen LogP contribution in [0.5, 0.6) is 0 Å². The molecule has 15 heavy (non-hydrogen) atoms. The number of rotatable bonds is 6. The van der Waals surface area contributed by atoms with Gasteiger partial charge in [0.15, 0.2) is 6.29 Å². The van der Waals surface area contributed by atoms with Gasteiger partial charge in [-0.2, -0.15) is 0 Å². The Balaban J connectivity index is 2.41. The Bertz CT molecular complexity index is 151. The summed E-state index contributed by atoms with van der Waals surface area (Å²) in [6.45, 7) is 6.39. The number of aliphatic hydroxyl groups is 1. The molecule has 0 amide bonds. The molecule has 1 aliphatic heterocycles. The topological polar surface area (TPSA) is 47.9 Å². The molecular weight excluding hydrogens is 196 g/mol. The van der Waals surface area contributed by atoms with Crippen LogP contribution in [0.15, 0.2) is 0 Å². The van der Waals surface area contributed by atoms with E-state index < -0.39 is 12.4 Å². The predicted molar refractivity (Wildman–Crippen MR) is 56.6 cm³/mol. The molecule has 1 saturated heterocycles. The standard InChI is InChI=1S/C11H22O4/c1-3-14-11(15-4-2)10(12)9-5-7-13-8-6-9/h9-12H,3-8H2,1-2H3. The van der Waals surface area contributed by atoms with Crippen LogP contribution in [0.3, 0.4) is 0 Å². The lowest BCUT2D eigenvalue weighted by atomic mass is 9.93. The first-order chi connectivity index (χ1) is 7.29. The van der Waals surface area contributed by atoms with E-state index in [0.717, 1.165) is 26.1 Å². The second-order valence-electron chi connectivity index (χ2n) is 3.72. The molecule has 1 fully saturated rings. The Labute approximate surface area is 91.5 Å². The fourth-order valence-electron chi connectivity index (χ4n) is 1.85. The third-order valence-electron chi connectivity index (χ3n) is 2.69. The maximum absolute atomic E-state index is 10.1. The fraction of sp³-hybridized carbons (Fsp3) is 1.00. The molecule has 0 bridgehead atoms. The molecule has 1 aliphatic rings. The zero-order valence-electron chi connectivity index (χ0n) is 9.65. The zero-order chi connectivity index (χ0) is 11.1. The molecule has 0 saturated carbocycles. The first-order valence-corrected chi connectivity index (χ1v) is 5.78. The first kappa shape index (κ1) is 12.9. The SMILES string of the molecule is CCOC(OCC)C(O)C1CCOCC1. The lowest BCUT2D eigenvalue weighted by molar-refractivity contribution is -0.207. The minimum atomic E-state index is -0.534. The van der Waals surface area contributed by atoms with Crippen molar-refractivity contribution in [1.29, 1.82) is 0 Å². The molecule has 0 aromatic rings. The molecule has 1 N–H and O–H groups in total. The van der Waals surface area contributed by atoms with Crippen molar-refractivity contribution in [2.45, 2.75) is 39.1 Å². The lowest BCUT2D eigenvalue weighted by Crippen LogP contribution is -2.40. The summed E-state index contributed by atoms with van der Waals surface area (Å²) in [5.74, 6) is 0.238. The van der Waals surface area contributed by atoms with Crippen molar-refractivity contribution in [3.05, 3.63) is 0 Å². The Morgan fingerprint density at radius 1 is 1.20 bits per heavy atom. The second-order valence-corrected chi connectivity index (χ2v) is 3.72. The van der Waals surface area contributed by atoms with E-state index in [4.69, 9.17) is 14.2 Å². The summed E-state index contributed by atoms with van der Waals surface area (Å²) in [6.07, 6.45) is 0.757. The smallest absolute Gasteiger partial charge is 0.183 e. The van der Waals surface area contributed by atoms with Crippen LogP contribution in [0.4, 0.5) is 0 Å². The van der Waals surface area contributed by atoms with Gasteiger partial charge < -0.3 is 19.3 Å². The molecule has 1 unspecified atom stereocenters. The van der Waals surface area contributed by atoms with Gasteiger partial charge in [-0.3, -0.25) is 0 Å².